The standard InChI is InChI=1S/C18H13BrF4N4O2/c19-9-1-2-11-12(3-9)17(4-13(17)18(21,22)23)8-27(15(11)29)7-14(28)26-16-24-5-10(20)6-25-16/h1-3,5-6,13H,4,7-8H2,(H,24,25,26,28). The van der Waals surface area contributed by atoms with Gasteiger partial charge >= 0.3 is 6.18 Å². The molecule has 152 valence electrons. The molecule has 1 aliphatic heterocycles. The minimum atomic E-state index is -4.41. The quantitative estimate of drug-likeness (QED) is 0.695. The van der Waals surface area contributed by atoms with Crippen LogP contribution in [0.25, 0.3) is 0 Å². The average Bonchev–Trinajstić information content (AvgIpc) is 3.37. The zero-order valence-electron chi connectivity index (χ0n) is 14.6. The molecule has 1 aromatic heterocycles. The molecule has 4 rings (SSSR count). The summed E-state index contributed by atoms with van der Waals surface area (Å²) >= 11 is 3.25. The van der Waals surface area contributed by atoms with E-state index in [9.17, 15) is 27.2 Å². The van der Waals surface area contributed by atoms with Gasteiger partial charge in [-0.15, -0.1) is 0 Å². The normalized spacial score (nSPS) is 23.1. The van der Waals surface area contributed by atoms with E-state index in [1.54, 1.807) is 12.1 Å². The highest BCUT2D eigenvalue weighted by Crippen LogP contribution is 2.63. The summed E-state index contributed by atoms with van der Waals surface area (Å²) in [6.45, 7) is -0.696. The molecular weight excluding hydrogens is 460 g/mol. The molecule has 1 fully saturated rings. The first-order valence-electron chi connectivity index (χ1n) is 8.53. The molecule has 1 saturated carbocycles. The first-order chi connectivity index (χ1) is 13.6. The topological polar surface area (TPSA) is 75.2 Å². The highest BCUT2D eigenvalue weighted by atomic mass is 79.9. The highest BCUT2D eigenvalue weighted by Gasteiger charge is 2.69. The lowest BCUT2D eigenvalue weighted by molar-refractivity contribution is -0.153. The maximum atomic E-state index is 13.4. The van der Waals surface area contributed by atoms with Crippen LogP contribution in [0, 0.1) is 11.7 Å². The van der Waals surface area contributed by atoms with Crippen LogP contribution in [0.4, 0.5) is 23.5 Å². The van der Waals surface area contributed by atoms with Gasteiger partial charge in [-0.25, -0.2) is 14.4 Å². The molecule has 29 heavy (non-hydrogen) atoms. The Kier molecular flexibility index (Phi) is 4.60. The number of hydrogen-bond donors (Lipinski definition) is 1. The Bertz CT molecular complexity index is 998. The maximum absolute atomic E-state index is 13.4. The van der Waals surface area contributed by atoms with Crippen LogP contribution in [0.3, 0.4) is 0 Å². The van der Waals surface area contributed by atoms with E-state index < -0.39 is 41.7 Å². The van der Waals surface area contributed by atoms with Crippen LogP contribution in [-0.2, 0) is 10.2 Å². The van der Waals surface area contributed by atoms with Crippen molar-refractivity contribution < 1.29 is 27.2 Å². The number of amides is 2. The zero-order chi connectivity index (χ0) is 21.0. The summed E-state index contributed by atoms with van der Waals surface area (Å²) in [7, 11) is 0. The monoisotopic (exact) mass is 472 g/mol. The molecule has 1 aliphatic carbocycles. The maximum Gasteiger partial charge on any atom is 0.392 e. The number of aromatic nitrogens is 2. The third-order valence-electron chi connectivity index (χ3n) is 5.19. The van der Waals surface area contributed by atoms with E-state index in [0.29, 0.717) is 10.0 Å². The molecule has 1 N–H and O–H groups in total. The predicted octanol–water partition coefficient (Wildman–Crippen LogP) is 3.29. The van der Waals surface area contributed by atoms with Gasteiger partial charge in [0, 0.05) is 22.0 Å². The van der Waals surface area contributed by atoms with Gasteiger partial charge in [-0.1, -0.05) is 15.9 Å². The highest BCUT2D eigenvalue weighted by molar-refractivity contribution is 9.10. The van der Waals surface area contributed by atoms with Crippen molar-refractivity contribution in [3.8, 4) is 0 Å². The van der Waals surface area contributed by atoms with Crippen molar-refractivity contribution in [3.05, 3.63) is 52.0 Å². The van der Waals surface area contributed by atoms with Gasteiger partial charge in [0.1, 0.15) is 6.54 Å². The summed E-state index contributed by atoms with van der Waals surface area (Å²) in [6, 6.07) is 4.58. The molecular formula is C18H13BrF4N4O2. The first-order valence-corrected chi connectivity index (χ1v) is 9.33. The predicted molar refractivity (Wildman–Crippen MR) is 96.5 cm³/mol. The number of alkyl halides is 3. The van der Waals surface area contributed by atoms with E-state index in [4.69, 9.17) is 0 Å². The van der Waals surface area contributed by atoms with Gasteiger partial charge in [-0.2, -0.15) is 13.2 Å². The molecule has 1 aromatic carbocycles. The number of hydrogen-bond acceptors (Lipinski definition) is 4. The lowest BCUT2D eigenvalue weighted by Gasteiger charge is -2.35. The number of rotatable bonds is 3. The Labute approximate surface area is 170 Å². The second kappa shape index (κ2) is 6.75. The lowest BCUT2D eigenvalue weighted by atomic mass is 9.84. The molecule has 11 heteroatoms. The number of carbonyl (C=O) groups excluding carboxylic acids is 2. The fourth-order valence-electron chi connectivity index (χ4n) is 3.83. The van der Waals surface area contributed by atoms with Crippen molar-refractivity contribution in [1.29, 1.82) is 0 Å². The minimum Gasteiger partial charge on any atom is -0.328 e. The van der Waals surface area contributed by atoms with E-state index in [-0.39, 0.29) is 24.5 Å². The van der Waals surface area contributed by atoms with Crippen molar-refractivity contribution in [3.63, 3.8) is 0 Å². The van der Waals surface area contributed by atoms with Gasteiger partial charge in [0.15, 0.2) is 5.82 Å². The lowest BCUT2D eigenvalue weighted by Crippen LogP contribution is -2.48. The van der Waals surface area contributed by atoms with Crippen LogP contribution in [0.2, 0.25) is 0 Å². The van der Waals surface area contributed by atoms with Crippen LogP contribution in [0.5, 0.6) is 0 Å². The molecule has 6 nitrogen and oxygen atoms in total. The van der Waals surface area contributed by atoms with E-state index in [2.05, 4.69) is 31.2 Å². The second-order valence-corrected chi connectivity index (χ2v) is 7.99. The summed E-state index contributed by atoms with van der Waals surface area (Å²) in [6.07, 6.45) is -2.84. The van der Waals surface area contributed by atoms with E-state index in [1.807, 2.05) is 0 Å². The van der Waals surface area contributed by atoms with E-state index >= 15 is 0 Å². The second-order valence-electron chi connectivity index (χ2n) is 7.08. The van der Waals surface area contributed by atoms with Crippen LogP contribution < -0.4 is 5.32 Å². The summed E-state index contributed by atoms with van der Waals surface area (Å²) in [5.74, 6) is -3.65. The molecule has 2 amide bonds. The summed E-state index contributed by atoms with van der Waals surface area (Å²) in [5, 5.41) is 2.31. The molecule has 2 aromatic rings. The fraction of sp³-hybridized carbons (Fsp3) is 0.333. The Hall–Kier alpha value is -2.56. The molecule has 0 bridgehead atoms. The SMILES string of the molecule is O=C(CN1CC2(CC2C(F)(F)F)c2cc(Br)ccc2C1=O)Nc1ncc(F)cn1. The fourth-order valence-corrected chi connectivity index (χ4v) is 4.19. The van der Waals surface area contributed by atoms with E-state index in [1.165, 1.54) is 6.07 Å². The van der Waals surface area contributed by atoms with E-state index in [0.717, 1.165) is 17.3 Å². The van der Waals surface area contributed by atoms with Crippen molar-refractivity contribution in [2.75, 3.05) is 18.4 Å². The van der Waals surface area contributed by atoms with Crippen LogP contribution in [0.15, 0.2) is 35.1 Å². The molecule has 2 unspecified atom stereocenters. The molecule has 2 aliphatic rings. The average molecular weight is 473 g/mol. The van der Waals surface area contributed by atoms with Crippen LogP contribution in [0.1, 0.15) is 22.3 Å². The third kappa shape index (κ3) is 3.59. The smallest absolute Gasteiger partial charge is 0.328 e. The molecule has 2 atom stereocenters. The Morgan fingerprint density at radius 1 is 1.31 bits per heavy atom. The van der Waals surface area contributed by atoms with Gasteiger partial charge in [0.25, 0.3) is 5.91 Å². The van der Waals surface area contributed by atoms with Gasteiger partial charge in [0.2, 0.25) is 11.9 Å². The Morgan fingerprint density at radius 3 is 2.62 bits per heavy atom. The minimum absolute atomic E-state index is 0.146. The number of nitrogens with zero attached hydrogens (tertiary/aromatic N) is 3. The van der Waals surface area contributed by atoms with Gasteiger partial charge in [-0.05, 0) is 30.2 Å². The van der Waals surface area contributed by atoms with Crippen LogP contribution in [-0.4, -0.2) is 45.9 Å². The molecule has 0 radical (unpaired) electrons. The number of carbonyl (C=O) groups is 2. The van der Waals surface area contributed by atoms with Crippen molar-refractivity contribution in [1.82, 2.24) is 14.9 Å². The number of fused-ring (bicyclic) bond motifs is 2. The Balaban J connectivity index is 1.59. The number of benzene rings is 1. The van der Waals surface area contributed by atoms with Crippen molar-refractivity contribution in [2.45, 2.75) is 18.0 Å². The van der Waals surface area contributed by atoms with Crippen LogP contribution >= 0.6 is 15.9 Å². The number of anilines is 1. The third-order valence-corrected chi connectivity index (χ3v) is 5.68. The van der Waals surface area contributed by atoms with Crippen molar-refractivity contribution >= 4 is 33.7 Å². The summed E-state index contributed by atoms with van der Waals surface area (Å²) in [4.78, 5) is 33.3. The van der Waals surface area contributed by atoms with Gasteiger partial charge < -0.3 is 4.90 Å². The largest absolute Gasteiger partial charge is 0.392 e. The van der Waals surface area contributed by atoms with Gasteiger partial charge in [-0.3, -0.25) is 14.9 Å². The van der Waals surface area contributed by atoms with Gasteiger partial charge in [0.05, 0.1) is 18.3 Å². The number of nitrogens with one attached hydrogen (secondary N) is 1. The molecule has 0 saturated heterocycles. The van der Waals surface area contributed by atoms with Crippen molar-refractivity contribution in [2.24, 2.45) is 5.92 Å². The molecule has 1 spiro atoms. The molecule has 2 heterocycles. The summed E-state index contributed by atoms with van der Waals surface area (Å²) < 4.78 is 53.7. The first kappa shape index (κ1) is 19.7. The Morgan fingerprint density at radius 2 is 2.00 bits per heavy atom. The summed E-state index contributed by atoms with van der Waals surface area (Å²) in [5.41, 5.74) is -0.771. The number of halogens is 5. The zero-order valence-corrected chi connectivity index (χ0v) is 16.2.